The Morgan fingerprint density at radius 1 is 1.45 bits per heavy atom. The number of aryl methyl sites for hydroxylation is 2. The van der Waals surface area contributed by atoms with Gasteiger partial charge in [0.05, 0.1) is 11.3 Å². The Hall–Kier alpha value is -1.37. The first kappa shape index (κ1) is 15.0. The van der Waals surface area contributed by atoms with Crippen LogP contribution in [0, 0.1) is 6.92 Å². The Kier molecular flexibility index (Phi) is 4.17. The van der Waals surface area contributed by atoms with Gasteiger partial charge in [-0.3, -0.25) is 4.68 Å². The number of hydrogen-bond acceptors (Lipinski definition) is 5. The second-order valence-corrected chi connectivity index (χ2v) is 7.54. The fourth-order valence-electron chi connectivity index (χ4n) is 2.59. The van der Waals surface area contributed by atoms with Crippen molar-refractivity contribution in [3.05, 3.63) is 11.3 Å². The predicted octanol–water partition coefficient (Wildman–Crippen LogP) is 1.54. The highest BCUT2D eigenvalue weighted by molar-refractivity contribution is 8.00. The van der Waals surface area contributed by atoms with Crippen molar-refractivity contribution in [2.24, 2.45) is 17.9 Å². The molecular weight excluding hydrogens is 274 g/mol. The lowest BCUT2D eigenvalue weighted by Gasteiger charge is -2.25. The van der Waals surface area contributed by atoms with E-state index in [9.17, 15) is 0 Å². The summed E-state index contributed by atoms with van der Waals surface area (Å²) in [6.07, 6.45) is 1.09. The highest BCUT2D eigenvalue weighted by atomic mass is 32.2. The topological polar surface area (TPSA) is 79.7 Å². The van der Waals surface area contributed by atoms with Gasteiger partial charge in [-0.05, 0) is 13.3 Å². The van der Waals surface area contributed by atoms with Crippen molar-refractivity contribution in [1.82, 2.24) is 9.78 Å². The number of amidine groups is 1. The second kappa shape index (κ2) is 5.55. The molecule has 0 spiro atoms. The molecule has 3 N–H and O–H groups in total. The van der Waals surface area contributed by atoms with Crippen molar-refractivity contribution in [2.45, 2.75) is 31.9 Å². The maximum Gasteiger partial charge on any atom is 0.175 e. The van der Waals surface area contributed by atoms with Crippen LogP contribution in [-0.2, 0) is 7.05 Å². The van der Waals surface area contributed by atoms with Gasteiger partial charge in [-0.25, -0.2) is 0 Å². The molecule has 6 nitrogen and oxygen atoms in total. The van der Waals surface area contributed by atoms with E-state index in [0.29, 0.717) is 4.75 Å². The number of rotatable bonds is 2. The smallest absolute Gasteiger partial charge is 0.175 e. The summed E-state index contributed by atoms with van der Waals surface area (Å²) in [6.45, 7) is 8.33. The molecule has 1 aliphatic heterocycles. The molecule has 1 fully saturated rings. The molecule has 0 amide bonds. The third-order valence-corrected chi connectivity index (χ3v) is 5.07. The predicted molar refractivity (Wildman–Crippen MR) is 83.8 cm³/mol. The van der Waals surface area contributed by atoms with Gasteiger partial charge >= 0.3 is 0 Å². The maximum absolute atomic E-state index is 8.99. The first-order chi connectivity index (χ1) is 9.35. The fourth-order valence-corrected chi connectivity index (χ4v) is 3.69. The number of oxime groups is 1. The van der Waals surface area contributed by atoms with Gasteiger partial charge in [-0.2, -0.15) is 16.9 Å². The number of nitrogens with two attached hydrogens (primary N) is 1. The van der Waals surface area contributed by atoms with Gasteiger partial charge in [-0.1, -0.05) is 19.0 Å². The van der Waals surface area contributed by atoms with Gasteiger partial charge in [0.1, 0.15) is 5.82 Å². The zero-order valence-corrected chi connectivity index (χ0v) is 13.4. The lowest BCUT2D eigenvalue weighted by Crippen LogP contribution is -2.31. The standard InChI is InChI=1S/C13H23N5OS/c1-9-10(11(14)16-19)12(17(4)15-9)18-6-5-13(2,3)20-8-7-18/h19H,5-8H2,1-4H3,(H2,14,16). The maximum atomic E-state index is 8.99. The van der Waals surface area contributed by atoms with Crippen molar-refractivity contribution in [3.8, 4) is 0 Å². The Morgan fingerprint density at radius 2 is 2.15 bits per heavy atom. The molecule has 2 heterocycles. The van der Waals surface area contributed by atoms with Gasteiger partial charge in [0, 0.05) is 30.6 Å². The molecule has 1 aliphatic rings. The summed E-state index contributed by atoms with van der Waals surface area (Å²) in [5.74, 6) is 2.13. The van der Waals surface area contributed by atoms with E-state index in [2.05, 4.69) is 29.0 Å². The summed E-state index contributed by atoms with van der Waals surface area (Å²) >= 11 is 1.99. The third-order valence-electron chi connectivity index (χ3n) is 3.69. The number of hydrogen-bond donors (Lipinski definition) is 2. The van der Waals surface area contributed by atoms with E-state index in [4.69, 9.17) is 10.9 Å². The van der Waals surface area contributed by atoms with E-state index < -0.39 is 0 Å². The van der Waals surface area contributed by atoms with Crippen LogP contribution in [0.4, 0.5) is 5.82 Å². The highest BCUT2D eigenvalue weighted by Crippen LogP contribution is 2.33. The molecule has 0 atom stereocenters. The third kappa shape index (κ3) is 2.87. The number of nitrogens with zero attached hydrogens (tertiary/aromatic N) is 4. The van der Waals surface area contributed by atoms with Crippen molar-refractivity contribution in [1.29, 1.82) is 0 Å². The summed E-state index contributed by atoms with van der Waals surface area (Å²) in [5.41, 5.74) is 7.34. The summed E-state index contributed by atoms with van der Waals surface area (Å²) < 4.78 is 2.12. The van der Waals surface area contributed by atoms with Crippen molar-refractivity contribution >= 4 is 23.4 Å². The van der Waals surface area contributed by atoms with Gasteiger partial charge in [0.25, 0.3) is 0 Å². The van der Waals surface area contributed by atoms with E-state index >= 15 is 0 Å². The second-order valence-electron chi connectivity index (χ2n) is 5.74. The molecule has 0 radical (unpaired) electrons. The molecule has 112 valence electrons. The number of thioether (sulfide) groups is 1. The van der Waals surface area contributed by atoms with Crippen LogP contribution >= 0.6 is 11.8 Å². The molecule has 2 rings (SSSR count). The van der Waals surface area contributed by atoms with Gasteiger partial charge < -0.3 is 15.8 Å². The van der Waals surface area contributed by atoms with E-state index in [1.165, 1.54) is 0 Å². The van der Waals surface area contributed by atoms with Crippen LogP contribution in [0.1, 0.15) is 31.5 Å². The Labute approximate surface area is 124 Å². The molecule has 0 aliphatic carbocycles. The zero-order chi connectivity index (χ0) is 14.9. The molecule has 0 saturated carbocycles. The van der Waals surface area contributed by atoms with E-state index in [-0.39, 0.29) is 5.84 Å². The minimum absolute atomic E-state index is 0.127. The lowest BCUT2D eigenvalue weighted by molar-refractivity contribution is 0.318. The number of anilines is 1. The molecule has 7 heteroatoms. The van der Waals surface area contributed by atoms with Crippen LogP contribution in [-0.4, -0.2) is 44.4 Å². The molecule has 20 heavy (non-hydrogen) atoms. The van der Waals surface area contributed by atoms with Gasteiger partial charge in [0.15, 0.2) is 5.84 Å². The van der Waals surface area contributed by atoms with E-state index in [0.717, 1.165) is 42.3 Å². The quantitative estimate of drug-likeness (QED) is 0.375. The van der Waals surface area contributed by atoms with Crippen LogP contribution in [0.25, 0.3) is 0 Å². The Balaban J connectivity index is 2.37. The minimum Gasteiger partial charge on any atom is -0.409 e. The fraction of sp³-hybridized carbons (Fsp3) is 0.692. The summed E-state index contributed by atoms with van der Waals surface area (Å²) in [6, 6.07) is 0. The molecule has 1 aromatic rings. The zero-order valence-electron chi connectivity index (χ0n) is 12.6. The van der Waals surface area contributed by atoms with Crippen LogP contribution in [0.15, 0.2) is 5.16 Å². The largest absolute Gasteiger partial charge is 0.409 e. The van der Waals surface area contributed by atoms with Gasteiger partial charge in [-0.15, -0.1) is 0 Å². The molecule has 1 aromatic heterocycles. The highest BCUT2D eigenvalue weighted by Gasteiger charge is 2.28. The minimum atomic E-state index is 0.127. The first-order valence-electron chi connectivity index (χ1n) is 6.76. The van der Waals surface area contributed by atoms with Crippen molar-refractivity contribution in [2.75, 3.05) is 23.7 Å². The molecule has 1 saturated heterocycles. The van der Waals surface area contributed by atoms with E-state index in [1.54, 1.807) is 0 Å². The van der Waals surface area contributed by atoms with Crippen LogP contribution < -0.4 is 10.6 Å². The molecule has 0 bridgehead atoms. The molecular formula is C13H23N5OS. The van der Waals surface area contributed by atoms with Crippen LogP contribution in [0.2, 0.25) is 0 Å². The van der Waals surface area contributed by atoms with E-state index in [1.807, 2.05) is 30.4 Å². The Bertz CT molecular complexity index is 523. The molecule has 0 unspecified atom stereocenters. The van der Waals surface area contributed by atoms with Gasteiger partial charge in [0.2, 0.25) is 0 Å². The average Bonchev–Trinajstić information content (AvgIpc) is 2.55. The summed E-state index contributed by atoms with van der Waals surface area (Å²) in [4.78, 5) is 2.29. The SMILES string of the molecule is Cc1nn(C)c(N2CCSC(C)(C)CC2)c1C(N)=NO. The van der Waals surface area contributed by atoms with Crippen LogP contribution in [0.3, 0.4) is 0 Å². The average molecular weight is 297 g/mol. The summed E-state index contributed by atoms with van der Waals surface area (Å²) in [5, 5.41) is 16.6. The number of aromatic nitrogens is 2. The first-order valence-corrected chi connectivity index (χ1v) is 7.74. The monoisotopic (exact) mass is 297 g/mol. The summed E-state index contributed by atoms with van der Waals surface area (Å²) in [7, 11) is 1.90. The molecule has 0 aromatic carbocycles. The van der Waals surface area contributed by atoms with Crippen LogP contribution in [0.5, 0.6) is 0 Å². The van der Waals surface area contributed by atoms with Crippen molar-refractivity contribution < 1.29 is 5.21 Å². The normalized spacial score (nSPS) is 20.0. The Morgan fingerprint density at radius 3 is 2.80 bits per heavy atom. The lowest BCUT2D eigenvalue weighted by atomic mass is 10.1. The van der Waals surface area contributed by atoms with Crippen molar-refractivity contribution in [3.63, 3.8) is 0 Å².